The number of thiophene rings is 1. The first-order valence-electron chi connectivity index (χ1n) is 9.71. The maximum absolute atomic E-state index is 6.38. The topological polar surface area (TPSA) is 27.7 Å². The second kappa shape index (κ2) is 8.38. The van der Waals surface area contributed by atoms with E-state index in [0.717, 1.165) is 17.9 Å². The molecule has 0 aliphatic carbocycles. The zero-order valence-electron chi connectivity index (χ0n) is 16.6. The van der Waals surface area contributed by atoms with Crippen LogP contribution in [-0.2, 0) is 4.74 Å². The zero-order chi connectivity index (χ0) is 19.5. The number of ether oxygens (including phenoxy) is 3. The van der Waals surface area contributed by atoms with Gasteiger partial charge in [-0.25, -0.2) is 0 Å². The Morgan fingerprint density at radius 3 is 2.11 bits per heavy atom. The predicted octanol–water partition coefficient (Wildman–Crippen LogP) is 6.03. The smallest absolute Gasteiger partial charge is 0.131 e. The van der Waals surface area contributed by atoms with E-state index < -0.39 is 0 Å². The molecule has 146 valence electrons. The van der Waals surface area contributed by atoms with Crippen LogP contribution in [0.25, 0.3) is 0 Å². The molecular formula is C24H26O3S. The first-order chi connectivity index (χ1) is 13.6. The number of benzene rings is 2. The third-order valence-corrected chi connectivity index (χ3v) is 6.12. The van der Waals surface area contributed by atoms with Crippen molar-refractivity contribution in [3.63, 3.8) is 0 Å². The molecule has 3 atom stereocenters. The maximum atomic E-state index is 6.38. The second-order valence-corrected chi connectivity index (χ2v) is 8.76. The Bertz CT molecular complexity index is 898. The predicted molar refractivity (Wildman–Crippen MR) is 114 cm³/mol. The number of hydrogen-bond donors (Lipinski definition) is 0. The SMILES string of the molecule is Cc1ccc(OC[C@H]2O[C@@H](c3ccc(C)s3)C[C@@H]2Oc2ccc(C)cc2)cc1. The number of rotatable bonds is 6. The van der Waals surface area contributed by atoms with E-state index in [1.807, 2.05) is 24.3 Å². The molecule has 2 aromatic carbocycles. The van der Waals surface area contributed by atoms with Gasteiger partial charge >= 0.3 is 0 Å². The van der Waals surface area contributed by atoms with E-state index in [1.165, 1.54) is 20.9 Å². The van der Waals surface area contributed by atoms with Gasteiger partial charge in [0, 0.05) is 16.2 Å². The number of aryl methyl sites for hydroxylation is 3. The van der Waals surface area contributed by atoms with E-state index in [-0.39, 0.29) is 18.3 Å². The molecule has 1 fully saturated rings. The van der Waals surface area contributed by atoms with Crippen molar-refractivity contribution in [2.75, 3.05) is 6.61 Å². The number of hydrogen-bond acceptors (Lipinski definition) is 4. The normalized spacial score (nSPS) is 21.6. The third-order valence-electron chi connectivity index (χ3n) is 5.02. The Hall–Kier alpha value is -2.30. The molecule has 0 unspecified atom stereocenters. The van der Waals surface area contributed by atoms with E-state index in [0.29, 0.717) is 6.61 Å². The Kier molecular flexibility index (Phi) is 5.69. The van der Waals surface area contributed by atoms with Crippen LogP contribution in [0.15, 0.2) is 60.7 Å². The lowest BCUT2D eigenvalue weighted by atomic mass is 10.1. The Morgan fingerprint density at radius 1 is 0.857 bits per heavy atom. The summed E-state index contributed by atoms with van der Waals surface area (Å²) in [5.74, 6) is 1.74. The first kappa shape index (κ1) is 19.0. The van der Waals surface area contributed by atoms with Gasteiger partial charge in [0.05, 0.1) is 6.10 Å². The molecule has 0 bridgehead atoms. The summed E-state index contributed by atoms with van der Waals surface area (Å²) in [4.78, 5) is 2.56. The van der Waals surface area contributed by atoms with Crippen LogP contribution < -0.4 is 9.47 Å². The van der Waals surface area contributed by atoms with Crippen molar-refractivity contribution in [2.45, 2.75) is 45.5 Å². The van der Waals surface area contributed by atoms with Crippen LogP contribution >= 0.6 is 11.3 Å². The summed E-state index contributed by atoms with van der Waals surface area (Å²) in [6.07, 6.45) is 0.729. The summed E-state index contributed by atoms with van der Waals surface area (Å²) >= 11 is 1.79. The van der Waals surface area contributed by atoms with Gasteiger partial charge in [-0.3, -0.25) is 0 Å². The monoisotopic (exact) mass is 394 g/mol. The molecular weight excluding hydrogens is 368 g/mol. The lowest BCUT2D eigenvalue weighted by Crippen LogP contribution is -2.32. The van der Waals surface area contributed by atoms with Crippen molar-refractivity contribution in [1.29, 1.82) is 0 Å². The minimum absolute atomic E-state index is 0.0411. The lowest BCUT2D eigenvalue weighted by molar-refractivity contribution is -0.00969. The summed E-state index contributed by atoms with van der Waals surface area (Å²) in [6.45, 7) is 6.75. The van der Waals surface area contributed by atoms with Crippen LogP contribution in [0, 0.1) is 20.8 Å². The van der Waals surface area contributed by atoms with Crippen molar-refractivity contribution in [3.8, 4) is 11.5 Å². The van der Waals surface area contributed by atoms with Crippen LogP contribution in [0.2, 0.25) is 0 Å². The second-order valence-electron chi connectivity index (χ2n) is 7.44. The van der Waals surface area contributed by atoms with Gasteiger partial charge in [0.2, 0.25) is 0 Å². The average molecular weight is 395 g/mol. The lowest BCUT2D eigenvalue weighted by Gasteiger charge is -2.20. The van der Waals surface area contributed by atoms with E-state index in [9.17, 15) is 0 Å². The van der Waals surface area contributed by atoms with Crippen LogP contribution in [-0.4, -0.2) is 18.8 Å². The van der Waals surface area contributed by atoms with Crippen LogP contribution in [0.1, 0.15) is 33.4 Å². The molecule has 4 rings (SSSR count). The fourth-order valence-corrected chi connectivity index (χ4v) is 4.33. The van der Waals surface area contributed by atoms with Gasteiger partial charge in [-0.15, -0.1) is 11.3 Å². The van der Waals surface area contributed by atoms with Crippen molar-refractivity contribution in [2.24, 2.45) is 0 Å². The van der Waals surface area contributed by atoms with Gasteiger partial charge in [-0.2, -0.15) is 0 Å². The Balaban J connectivity index is 1.47. The molecule has 0 N–H and O–H groups in total. The average Bonchev–Trinajstić information content (AvgIpc) is 3.29. The van der Waals surface area contributed by atoms with Gasteiger partial charge in [-0.1, -0.05) is 35.4 Å². The summed E-state index contributed by atoms with van der Waals surface area (Å²) in [7, 11) is 0. The fraction of sp³-hybridized carbons (Fsp3) is 0.333. The maximum Gasteiger partial charge on any atom is 0.131 e. The van der Waals surface area contributed by atoms with E-state index in [1.54, 1.807) is 11.3 Å². The Morgan fingerprint density at radius 2 is 1.50 bits per heavy atom. The van der Waals surface area contributed by atoms with Crippen molar-refractivity contribution < 1.29 is 14.2 Å². The molecule has 0 spiro atoms. The van der Waals surface area contributed by atoms with E-state index in [4.69, 9.17) is 14.2 Å². The minimum Gasteiger partial charge on any atom is -0.491 e. The molecule has 2 heterocycles. The van der Waals surface area contributed by atoms with Crippen molar-refractivity contribution in [1.82, 2.24) is 0 Å². The molecule has 28 heavy (non-hydrogen) atoms. The molecule has 0 radical (unpaired) electrons. The molecule has 4 heteroatoms. The highest BCUT2D eigenvalue weighted by Crippen LogP contribution is 2.38. The summed E-state index contributed by atoms with van der Waals surface area (Å²) in [5.41, 5.74) is 2.44. The molecule has 0 saturated carbocycles. The molecule has 1 aliphatic rings. The van der Waals surface area contributed by atoms with Gasteiger partial charge in [-0.05, 0) is 57.2 Å². The highest BCUT2D eigenvalue weighted by atomic mass is 32.1. The van der Waals surface area contributed by atoms with Gasteiger partial charge < -0.3 is 14.2 Å². The highest BCUT2D eigenvalue weighted by molar-refractivity contribution is 7.12. The zero-order valence-corrected chi connectivity index (χ0v) is 17.4. The van der Waals surface area contributed by atoms with Gasteiger partial charge in [0.25, 0.3) is 0 Å². The van der Waals surface area contributed by atoms with Crippen molar-refractivity contribution >= 4 is 11.3 Å². The van der Waals surface area contributed by atoms with Gasteiger partial charge in [0.1, 0.15) is 30.3 Å². The quantitative estimate of drug-likeness (QED) is 0.511. The van der Waals surface area contributed by atoms with Gasteiger partial charge in [0.15, 0.2) is 0 Å². The molecule has 3 nitrogen and oxygen atoms in total. The molecule has 3 aromatic rings. The summed E-state index contributed by atoms with van der Waals surface area (Å²) in [6, 6.07) is 20.6. The van der Waals surface area contributed by atoms with Crippen LogP contribution in [0.3, 0.4) is 0 Å². The Labute approximate surface area is 170 Å². The first-order valence-corrected chi connectivity index (χ1v) is 10.5. The molecule has 1 saturated heterocycles. The molecule has 0 amide bonds. The highest BCUT2D eigenvalue weighted by Gasteiger charge is 2.38. The molecule has 1 aliphatic heterocycles. The standard InChI is InChI=1S/C24H26O3S/c1-16-4-9-19(10-5-16)25-15-23-21(26-20-11-6-17(2)7-12-20)14-22(27-23)24-13-8-18(3)28-24/h4-13,21-23H,14-15H2,1-3H3/t21-,22+,23+/m0/s1. The summed E-state index contributed by atoms with van der Waals surface area (Å²) < 4.78 is 18.7. The molecule has 1 aromatic heterocycles. The van der Waals surface area contributed by atoms with E-state index in [2.05, 4.69) is 57.2 Å². The van der Waals surface area contributed by atoms with Crippen molar-refractivity contribution in [3.05, 3.63) is 81.5 Å². The minimum atomic E-state index is -0.116. The van der Waals surface area contributed by atoms with Crippen LogP contribution in [0.4, 0.5) is 0 Å². The fourth-order valence-electron chi connectivity index (χ4n) is 3.40. The van der Waals surface area contributed by atoms with Crippen LogP contribution in [0.5, 0.6) is 11.5 Å². The van der Waals surface area contributed by atoms with E-state index >= 15 is 0 Å². The third kappa shape index (κ3) is 4.57. The largest absolute Gasteiger partial charge is 0.491 e. The summed E-state index contributed by atoms with van der Waals surface area (Å²) in [5, 5.41) is 0.